The predicted octanol–water partition coefficient (Wildman–Crippen LogP) is 4.71. The van der Waals surface area contributed by atoms with Crippen LogP contribution in [-0.2, 0) is 0 Å². The number of hydrogen-bond donors (Lipinski definition) is 2. The molecule has 110 valence electrons. The van der Waals surface area contributed by atoms with Gasteiger partial charge in [0.25, 0.3) is 0 Å². The van der Waals surface area contributed by atoms with E-state index in [2.05, 4.69) is 0 Å². The van der Waals surface area contributed by atoms with Crippen LogP contribution in [0.2, 0.25) is 0 Å². The Morgan fingerprint density at radius 3 is 1.18 bits per heavy atom. The lowest BCUT2D eigenvalue weighted by Crippen LogP contribution is -1.87. The Labute approximate surface area is 125 Å². The molecule has 0 heterocycles. The van der Waals surface area contributed by atoms with Crippen LogP contribution < -0.4 is 0 Å². The molecule has 0 aliphatic carbocycles. The van der Waals surface area contributed by atoms with Gasteiger partial charge < -0.3 is 10.2 Å². The Balaban J connectivity index is 2.22. The number of hydrogen-bond acceptors (Lipinski definition) is 2. The van der Waals surface area contributed by atoms with Gasteiger partial charge in [-0.25, -0.2) is 8.78 Å². The first-order valence-corrected chi connectivity index (χ1v) is 6.62. The van der Waals surface area contributed by atoms with E-state index in [-0.39, 0.29) is 23.1 Å². The van der Waals surface area contributed by atoms with E-state index in [9.17, 15) is 19.0 Å². The molecule has 2 nitrogen and oxygen atoms in total. The zero-order chi connectivity index (χ0) is 15.7. The SMILES string of the molecule is Oc1cc(-c2ccc(F)cc2)c(-c2ccc(F)cc2)cc1O. The second-order valence-corrected chi connectivity index (χ2v) is 4.90. The number of rotatable bonds is 2. The molecular formula is C18H12F2O2. The average Bonchev–Trinajstić information content (AvgIpc) is 2.51. The van der Waals surface area contributed by atoms with Crippen molar-refractivity contribution in [2.75, 3.05) is 0 Å². The third kappa shape index (κ3) is 2.63. The summed E-state index contributed by atoms with van der Waals surface area (Å²) in [6, 6.07) is 14.4. The van der Waals surface area contributed by atoms with Gasteiger partial charge in [-0.15, -0.1) is 0 Å². The summed E-state index contributed by atoms with van der Waals surface area (Å²) in [5.41, 5.74) is 2.58. The van der Waals surface area contributed by atoms with Gasteiger partial charge in [0.2, 0.25) is 0 Å². The molecule has 0 spiro atoms. The van der Waals surface area contributed by atoms with Crippen LogP contribution in [0.3, 0.4) is 0 Å². The highest BCUT2D eigenvalue weighted by molar-refractivity contribution is 5.85. The first kappa shape index (κ1) is 14.1. The normalized spacial score (nSPS) is 10.6. The molecule has 0 aromatic heterocycles. The zero-order valence-electron chi connectivity index (χ0n) is 11.4. The zero-order valence-corrected chi connectivity index (χ0v) is 11.4. The molecule has 0 aliphatic heterocycles. The maximum atomic E-state index is 13.1. The van der Waals surface area contributed by atoms with E-state index < -0.39 is 0 Å². The summed E-state index contributed by atoms with van der Waals surface area (Å²) in [7, 11) is 0. The molecule has 0 saturated carbocycles. The van der Waals surface area contributed by atoms with E-state index in [0.717, 1.165) is 0 Å². The highest BCUT2D eigenvalue weighted by Crippen LogP contribution is 2.39. The minimum atomic E-state index is -0.366. The molecule has 0 bridgehead atoms. The molecule has 3 rings (SSSR count). The minimum Gasteiger partial charge on any atom is -0.504 e. The Bertz CT molecular complexity index is 739. The number of aromatic hydroxyl groups is 2. The van der Waals surface area contributed by atoms with Gasteiger partial charge in [0.15, 0.2) is 11.5 Å². The molecular weight excluding hydrogens is 286 g/mol. The molecule has 2 N–H and O–H groups in total. The van der Waals surface area contributed by atoms with E-state index in [1.54, 1.807) is 24.3 Å². The lowest BCUT2D eigenvalue weighted by Gasteiger charge is -2.12. The summed E-state index contributed by atoms with van der Waals surface area (Å²) in [5.74, 6) is -1.28. The highest BCUT2D eigenvalue weighted by atomic mass is 19.1. The molecule has 0 saturated heterocycles. The van der Waals surface area contributed by atoms with Crippen LogP contribution in [0.4, 0.5) is 8.78 Å². The molecule has 3 aromatic rings. The van der Waals surface area contributed by atoms with Crippen molar-refractivity contribution in [1.82, 2.24) is 0 Å². The van der Waals surface area contributed by atoms with E-state index >= 15 is 0 Å². The maximum Gasteiger partial charge on any atom is 0.158 e. The van der Waals surface area contributed by atoms with Crippen LogP contribution in [-0.4, -0.2) is 10.2 Å². The van der Waals surface area contributed by atoms with Crippen LogP contribution in [0.5, 0.6) is 11.5 Å². The lowest BCUT2D eigenvalue weighted by molar-refractivity contribution is 0.404. The van der Waals surface area contributed by atoms with Crippen molar-refractivity contribution >= 4 is 0 Å². The Kier molecular flexibility index (Phi) is 3.51. The number of phenols is 2. The fourth-order valence-electron chi connectivity index (χ4n) is 2.31. The first-order chi connectivity index (χ1) is 10.5. The van der Waals surface area contributed by atoms with Gasteiger partial charge in [-0.3, -0.25) is 0 Å². The molecule has 0 atom stereocenters. The molecule has 0 aliphatic rings. The van der Waals surface area contributed by atoms with Crippen molar-refractivity contribution in [3.63, 3.8) is 0 Å². The molecule has 22 heavy (non-hydrogen) atoms. The fourth-order valence-corrected chi connectivity index (χ4v) is 2.31. The second kappa shape index (κ2) is 5.48. The second-order valence-electron chi connectivity index (χ2n) is 4.90. The van der Waals surface area contributed by atoms with E-state index in [4.69, 9.17) is 0 Å². The Hall–Kier alpha value is -2.88. The Morgan fingerprint density at radius 1 is 0.545 bits per heavy atom. The van der Waals surface area contributed by atoms with Crippen LogP contribution >= 0.6 is 0 Å². The van der Waals surface area contributed by atoms with Gasteiger partial charge in [0, 0.05) is 0 Å². The monoisotopic (exact) mass is 298 g/mol. The van der Waals surface area contributed by atoms with Crippen molar-refractivity contribution in [2.45, 2.75) is 0 Å². The van der Waals surface area contributed by atoms with Crippen molar-refractivity contribution in [1.29, 1.82) is 0 Å². The molecule has 0 unspecified atom stereocenters. The lowest BCUT2D eigenvalue weighted by atomic mass is 9.94. The number of benzene rings is 3. The standard InChI is InChI=1S/C18H12F2O2/c19-13-5-1-11(2-6-13)15-9-17(21)18(22)10-16(15)12-3-7-14(20)8-4-12/h1-10,21-22H. The van der Waals surface area contributed by atoms with Crippen molar-refractivity contribution in [3.05, 3.63) is 72.3 Å². The Morgan fingerprint density at radius 2 is 0.864 bits per heavy atom. The predicted molar refractivity (Wildman–Crippen MR) is 80.6 cm³/mol. The minimum absolute atomic E-state index is 0.273. The van der Waals surface area contributed by atoms with Crippen LogP contribution in [0.25, 0.3) is 22.3 Å². The maximum absolute atomic E-state index is 13.1. The molecule has 4 heteroatoms. The van der Waals surface area contributed by atoms with Crippen LogP contribution in [0.1, 0.15) is 0 Å². The van der Waals surface area contributed by atoms with Crippen molar-refractivity contribution < 1.29 is 19.0 Å². The summed E-state index contributed by atoms with van der Waals surface area (Å²) in [6.45, 7) is 0. The summed E-state index contributed by atoms with van der Waals surface area (Å²) >= 11 is 0. The third-order valence-corrected chi connectivity index (χ3v) is 3.43. The van der Waals surface area contributed by atoms with Gasteiger partial charge in [0.1, 0.15) is 11.6 Å². The summed E-state index contributed by atoms with van der Waals surface area (Å²) in [4.78, 5) is 0. The summed E-state index contributed by atoms with van der Waals surface area (Å²) in [5, 5.41) is 19.5. The van der Waals surface area contributed by atoms with Gasteiger partial charge in [-0.1, -0.05) is 24.3 Å². The smallest absolute Gasteiger partial charge is 0.158 e. The van der Waals surface area contributed by atoms with Gasteiger partial charge in [-0.2, -0.15) is 0 Å². The summed E-state index contributed by atoms with van der Waals surface area (Å²) < 4.78 is 26.2. The molecule has 3 aromatic carbocycles. The third-order valence-electron chi connectivity index (χ3n) is 3.43. The topological polar surface area (TPSA) is 40.5 Å². The summed E-state index contributed by atoms with van der Waals surface area (Å²) in [6.07, 6.45) is 0. The molecule has 0 amide bonds. The number of halogens is 2. The molecule has 0 fully saturated rings. The average molecular weight is 298 g/mol. The first-order valence-electron chi connectivity index (χ1n) is 6.62. The van der Waals surface area contributed by atoms with Crippen LogP contribution in [0, 0.1) is 11.6 Å². The highest BCUT2D eigenvalue weighted by Gasteiger charge is 2.12. The fraction of sp³-hybridized carbons (Fsp3) is 0. The largest absolute Gasteiger partial charge is 0.504 e. The van der Waals surface area contributed by atoms with Crippen LogP contribution in [0.15, 0.2) is 60.7 Å². The van der Waals surface area contributed by atoms with Crippen molar-refractivity contribution in [3.8, 4) is 33.8 Å². The number of phenolic OH excluding ortho intramolecular Hbond substituents is 2. The van der Waals surface area contributed by atoms with Gasteiger partial charge in [-0.05, 0) is 58.7 Å². The van der Waals surface area contributed by atoms with E-state index in [1.165, 1.54) is 36.4 Å². The quantitative estimate of drug-likeness (QED) is 0.673. The van der Waals surface area contributed by atoms with Gasteiger partial charge >= 0.3 is 0 Å². The van der Waals surface area contributed by atoms with E-state index in [0.29, 0.717) is 22.3 Å². The van der Waals surface area contributed by atoms with Crippen molar-refractivity contribution in [2.24, 2.45) is 0 Å². The van der Waals surface area contributed by atoms with Gasteiger partial charge in [0.05, 0.1) is 0 Å². The molecule has 0 radical (unpaired) electrons. The van der Waals surface area contributed by atoms with E-state index in [1.807, 2.05) is 0 Å².